The summed E-state index contributed by atoms with van der Waals surface area (Å²) in [5.74, 6) is 0.277. The van der Waals surface area contributed by atoms with Gasteiger partial charge in [0.2, 0.25) is 5.78 Å². The minimum atomic E-state index is -0.528. The molecule has 0 aliphatic rings. The number of hydrogen-bond donors (Lipinski definition) is 0. The Hall–Kier alpha value is -2.64. The first-order chi connectivity index (χ1) is 13.2. The molecule has 0 amide bonds. The van der Waals surface area contributed by atoms with E-state index in [2.05, 4.69) is 4.98 Å². The van der Waals surface area contributed by atoms with Crippen molar-refractivity contribution in [2.24, 2.45) is 0 Å². The van der Waals surface area contributed by atoms with Crippen LogP contribution in [0.5, 0.6) is 5.75 Å². The molecule has 0 spiro atoms. The molecule has 138 valence electrons. The number of carbonyl (C=O) groups excluding carboxylic acids is 2. The molecule has 0 aliphatic heterocycles. The largest absolute Gasteiger partial charge is 0.496 e. The quantitative estimate of drug-likeness (QED) is 0.316. The highest BCUT2D eigenvalue weighted by molar-refractivity contribution is 7.98. The Morgan fingerprint density at radius 3 is 2.56 bits per heavy atom. The summed E-state index contributed by atoms with van der Waals surface area (Å²) in [6, 6.07) is 14.0. The van der Waals surface area contributed by atoms with Crippen molar-refractivity contribution in [1.82, 2.24) is 4.98 Å². The average Bonchev–Trinajstić information content (AvgIpc) is 3.24. The molecule has 27 heavy (non-hydrogen) atoms. The van der Waals surface area contributed by atoms with Gasteiger partial charge in [0.15, 0.2) is 6.61 Å². The van der Waals surface area contributed by atoms with Crippen LogP contribution in [0.4, 0.5) is 0 Å². The number of carbonyl (C=O) groups is 2. The number of thiazole rings is 1. The zero-order valence-electron chi connectivity index (χ0n) is 14.6. The molecule has 0 bridgehead atoms. The minimum Gasteiger partial charge on any atom is -0.496 e. The molecule has 0 unspecified atom stereocenters. The molecule has 2 aromatic carbocycles. The molecule has 0 aliphatic carbocycles. The Morgan fingerprint density at radius 2 is 1.81 bits per heavy atom. The van der Waals surface area contributed by atoms with E-state index in [1.54, 1.807) is 41.9 Å². The van der Waals surface area contributed by atoms with E-state index in [-0.39, 0.29) is 12.4 Å². The highest BCUT2D eigenvalue weighted by Gasteiger charge is 2.17. The van der Waals surface area contributed by atoms with Crippen LogP contribution >= 0.6 is 23.1 Å². The summed E-state index contributed by atoms with van der Waals surface area (Å²) in [6.07, 6.45) is 0. The SMILES string of the molecule is COc1ccccc1C(=O)COC(=O)c1ccccc1SCc1cscn1. The molecule has 0 atom stereocenters. The Kier molecular flexibility index (Phi) is 6.62. The summed E-state index contributed by atoms with van der Waals surface area (Å²) in [7, 11) is 1.49. The lowest BCUT2D eigenvalue weighted by molar-refractivity contribution is 0.0470. The summed E-state index contributed by atoms with van der Waals surface area (Å²) >= 11 is 3.04. The van der Waals surface area contributed by atoms with Crippen molar-refractivity contribution >= 4 is 34.9 Å². The molecule has 1 heterocycles. The van der Waals surface area contributed by atoms with Crippen LogP contribution in [0.2, 0.25) is 0 Å². The first-order valence-corrected chi connectivity index (χ1v) is 10.0. The number of Topliss-reactive ketones (excluding diaryl/α,β-unsaturated/α-hetero) is 1. The van der Waals surface area contributed by atoms with Gasteiger partial charge in [-0.15, -0.1) is 23.1 Å². The van der Waals surface area contributed by atoms with Gasteiger partial charge >= 0.3 is 5.97 Å². The number of thioether (sulfide) groups is 1. The van der Waals surface area contributed by atoms with Gasteiger partial charge in [0.05, 0.1) is 29.4 Å². The first kappa shape index (κ1) is 19.1. The van der Waals surface area contributed by atoms with Crippen LogP contribution in [0.15, 0.2) is 64.3 Å². The van der Waals surface area contributed by atoms with E-state index < -0.39 is 5.97 Å². The number of rotatable bonds is 8. The van der Waals surface area contributed by atoms with Gasteiger partial charge in [-0.2, -0.15) is 0 Å². The molecule has 5 nitrogen and oxygen atoms in total. The zero-order valence-corrected chi connectivity index (χ0v) is 16.2. The van der Waals surface area contributed by atoms with Gasteiger partial charge < -0.3 is 9.47 Å². The van der Waals surface area contributed by atoms with Crippen molar-refractivity contribution in [2.75, 3.05) is 13.7 Å². The lowest BCUT2D eigenvalue weighted by atomic mass is 10.1. The smallest absolute Gasteiger partial charge is 0.339 e. The number of para-hydroxylation sites is 1. The Labute approximate surface area is 165 Å². The van der Waals surface area contributed by atoms with E-state index >= 15 is 0 Å². The summed E-state index contributed by atoms with van der Waals surface area (Å²) in [6.45, 7) is -0.343. The summed E-state index contributed by atoms with van der Waals surface area (Å²) < 4.78 is 10.4. The molecule has 0 N–H and O–H groups in total. The topological polar surface area (TPSA) is 65.5 Å². The number of methoxy groups -OCH3 is 1. The van der Waals surface area contributed by atoms with Crippen molar-refractivity contribution in [3.63, 3.8) is 0 Å². The number of benzene rings is 2. The van der Waals surface area contributed by atoms with Crippen LogP contribution in [-0.2, 0) is 10.5 Å². The number of nitrogens with zero attached hydrogens (tertiary/aromatic N) is 1. The minimum absolute atomic E-state index is 0.312. The summed E-state index contributed by atoms with van der Waals surface area (Å²) in [5.41, 5.74) is 3.56. The van der Waals surface area contributed by atoms with Crippen molar-refractivity contribution < 1.29 is 19.1 Å². The Morgan fingerprint density at radius 1 is 1.07 bits per heavy atom. The fourth-order valence-corrected chi connectivity index (χ4v) is 3.99. The highest BCUT2D eigenvalue weighted by Crippen LogP contribution is 2.27. The standard InChI is InChI=1S/C20H17NO4S2/c1-24-18-8-4-2-6-15(18)17(22)10-25-20(23)16-7-3-5-9-19(16)27-12-14-11-26-13-21-14/h2-9,11,13H,10,12H2,1H3. The molecule has 0 radical (unpaired) electrons. The third-order valence-corrected chi connectivity index (χ3v) is 5.45. The van der Waals surface area contributed by atoms with Crippen molar-refractivity contribution in [3.8, 4) is 5.75 Å². The number of aromatic nitrogens is 1. The third-order valence-electron chi connectivity index (χ3n) is 3.71. The highest BCUT2D eigenvalue weighted by atomic mass is 32.2. The van der Waals surface area contributed by atoms with Gasteiger partial charge in [-0.25, -0.2) is 9.78 Å². The molecular formula is C20H17NO4S2. The molecule has 0 saturated heterocycles. The molecule has 7 heteroatoms. The normalized spacial score (nSPS) is 10.4. The second-order valence-corrected chi connectivity index (χ2v) is 7.20. The predicted molar refractivity (Wildman–Crippen MR) is 106 cm³/mol. The van der Waals surface area contributed by atoms with Gasteiger partial charge in [0.1, 0.15) is 5.75 Å². The summed E-state index contributed by atoms with van der Waals surface area (Å²) in [5, 5.41) is 1.97. The molecule has 0 saturated carbocycles. The predicted octanol–water partition coefficient (Wildman–Crippen LogP) is 4.48. The average molecular weight is 399 g/mol. The fraction of sp³-hybridized carbons (Fsp3) is 0.150. The number of esters is 1. The lowest BCUT2D eigenvalue weighted by Gasteiger charge is -2.10. The van der Waals surface area contributed by atoms with Crippen LogP contribution in [0.25, 0.3) is 0 Å². The number of ether oxygens (including phenoxy) is 2. The Bertz CT molecular complexity index is 925. The first-order valence-electron chi connectivity index (χ1n) is 8.11. The van der Waals surface area contributed by atoms with Crippen LogP contribution in [0, 0.1) is 0 Å². The van der Waals surface area contributed by atoms with E-state index in [1.165, 1.54) is 30.2 Å². The maximum absolute atomic E-state index is 12.5. The molecular weight excluding hydrogens is 382 g/mol. The van der Waals surface area contributed by atoms with Crippen molar-refractivity contribution in [1.29, 1.82) is 0 Å². The van der Waals surface area contributed by atoms with Gasteiger partial charge in [0.25, 0.3) is 0 Å². The van der Waals surface area contributed by atoms with Gasteiger partial charge in [0, 0.05) is 16.0 Å². The summed E-state index contributed by atoms with van der Waals surface area (Å²) in [4.78, 5) is 29.9. The molecule has 3 rings (SSSR count). The van der Waals surface area contributed by atoms with Gasteiger partial charge in [-0.3, -0.25) is 4.79 Å². The second-order valence-electron chi connectivity index (χ2n) is 5.46. The maximum atomic E-state index is 12.5. The molecule has 1 aromatic heterocycles. The van der Waals surface area contributed by atoms with E-state index in [1.807, 2.05) is 17.5 Å². The Balaban J connectivity index is 1.65. The third kappa shape index (κ3) is 4.96. The lowest BCUT2D eigenvalue weighted by Crippen LogP contribution is -2.15. The number of ketones is 1. The van der Waals surface area contributed by atoms with E-state index in [4.69, 9.17) is 9.47 Å². The number of hydrogen-bond acceptors (Lipinski definition) is 7. The van der Waals surface area contributed by atoms with E-state index in [0.29, 0.717) is 22.6 Å². The van der Waals surface area contributed by atoms with Crippen LogP contribution in [0.1, 0.15) is 26.4 Å². The fourth-order valence-electron chi connectivity index (χ4n) is 2.38. The molecule has 0 fully saturated rings. The molecule has 3 aromatic rings. The van der Waals surface area contributed by atoms with E-state index in [0.717, 1.165) is 10.6 Å². The zero-order chi connectivity index (χ0) is 19.1. The van der Waals surface area contributed by atoms with Gasteiger partial charge in [-0.1, -0.05) is 24.3 Å². The van der Waals surface area contributed by atoms with Crippen LogP contribution < -0.4 is 4.74 Å². The van der Waals surface area contributed by atoms with Crippen molar-refractivity contribution in [3.05, 3.63) is 76.2 Å². The van der Waals surface area contributed by atoms with Gasteiger partial charge in [-0.05, 0) is 24.3 Å². The monoisotopic (exact) mass is 399 g/mol. The maximum Gasteiger partial charge on any atom is 0.339 e. The van der Waals surface area contributed by atoms with Crippen LogP contribution in [0.3, 0.4) is 0 Å². The van der Waals surface area contributed by atoms with Crippen LogP contribution in [-0.4, -0.2) is 30.5 Å². The van der Waals surface area contributed by atoms with E-state index in [9.17, 15) is 9.59 Å². The second kappa shape index (κ2) is 9.34. The van der Waals surface area contributed by atoms with Crippen molar-refractivity contribution in [2.45, 2.75) is 10.6 Å².